The van der Waals surface area contributed by atoms with Gasteiger partial charge in [-0.15, -0.1) is 0 Å². The van der Waals surface area contributed by atoms with E-state index in [0.29, 0.717) is 6.42 Å². The van der Waals surface area contributed by atoms with Crippen LogP contribution in [0.5, 0.6) is 0 Å². The molecule has 1 unspecified atom stereocenters. The van der Waals surface area contributed by atoms with Crippen LogP contribution in [-0.4, -0.2) is 47.1 Å². The molecule has 2 amide bonds. The first-order valence-electron chi connectivity index (χ1n) is 12.4. The summed E-state index contributed by atoms with van der Waals surface area (Å²) in [7, 11) is 0. The maximum absolute atomic E-state index is 12.4. The molecule has 2 aromatic rings. The van der Waals surface area contributed by atoms with Gasteiger partial charge in [-0.05, 0) is 82.4 Å². The van der Waals surface area contributed by atoms with Gasteiger partial charge in [-0.25, -0.2) is 4.79 Å². The Kier molecular flexibility index (Phi) is 7.51. The van der Waals surface area contributed by atoms with Crippen LogP contribution in [0.3, 0.4) is 0 Å². The number of nitrogens with zero attached hydrogens (tertiary/aromatic N) is 3. The molecule has 34 heavy (non-hydrogen) atoms. The van der Waals surface area contributed by atoms with Crippen molar-refractivity contribution in [3.8, 4) is 11.1 Å². The third-order valence-electron chi connectivity index (χ3n) is 6.65. The molecule has 3 heterocycles. The van der Waals surface area contributed by atoms with E-state index in [0.717, 1.165) is 47.7 Å². The number of alkyl carbamates (subject to hydrolysis) is 1. The molecule has 1 aromatic heterocycles. The minimum absolute atomic E-state index is 0.00607. The van der Waals surface area contributed by atoms with Gasteiger partial charge in [0, 0.05) is 37.0 Å². The van der Waals surface area contributed by atoms with Crippen LogP contribution < -0.4 is 10.2 Å². The number of nitrogens with one attached hydrogen (secondary N) is 1. The minimum atomic E-state index is -0.441. The lowest BCUT2D eigenvalue weighted by Crippen LogP contribution is -2.45. The van der Waals surface area contributed by atoms with Crippen molar-refractivity contribution in [2.45, 2.75) is 78.1 Å². The number of hydrogen-bond donors (Lipinski definition) is 1. The average molecular weight is 465 g/mol. The maximum atomic E-state index is 12.4. The fourth-order valence-electron chi connectivity index (χ4n) is 5.09. The third kappa shape index (κ3) is 5.58. The van der Waals surface area contributed by atoms with E-state index in [1.807, 2.05) is 44.0 Å². The van der Waals surface area contributed by atoms with Crippen molar-refractivity contribution in [1.82, 2.24) is 15.2 Å². The molecule has 182 valence electrons. The Bertz CT molecular complexity index is 1020. The normalized spacial score (nSPS) is 20.7. The van der Waals surface area contributed by atoms with Crippen molar-refractivity contribution in [3.63, 3.8) is 0 Å². The number of amides is 2. The van der Waals surface area contributed by atoms with E-state index in [1.54, 1.807) is 6.92 Å². The van der Waals surface area contributed by atoms with E-state index in [4.69, 9.17) is 9.72 Å². The number of benzene rings is 1. The van der Waals surface area contributed by atoms with Gasteiger partial charge in [-0.3, -0.25) is 14.7 Å². The molecule has 0 spiro atoms. The molecule has 7 heteroatoms. The fraction of sp³-hybridized carbons (Fsp3) is 0.519. The van der Waals surface area contributed by atoms with Gasteiger partial charge in [0.25, 0.3) is 0 Å². The van der Waals surface area contributed by atoms with Crippen molar-refractivity contribution in [3.05, 3.63) is 47.8 Å². The Labute approximate surface area is 202 Å². The van der Waals surface area contributed by atoms with Crippen LogP contribution in [-0.2, 0) is 16.1 Å². The minimum Gasteiger partial charge on any atom is -0.447 e. The Morgan fingerprint density at radius 1 is 1.12 bits per heavy atom. The topological polar surface area (TPSA) is 74.8 Å². The number of likely N-dealkylation sites (tertiary alicyclic amines) is 1. The fourth-order valence-corrected chi connectivity index (χ4v) is 5.09. The second-order valence-electron chi connectivity index (χ2n) is 9.77. The zero-order valence-corrected chi connectivity index (χ0v) is 20.7. The van der Waals surface area contributed by atoms with Crippen molar-refractivity contribution >= 4 is 17.7 Å². The Morgan fingerprint density at radius 2 is 1.85 bits per heavy atom. The predicted molar refractivity (Wildman–Crippen MR) is 134 cm³/mol. The van der Waals surface area contributed by atoms with Crippen LogP contribution in [0.4, 0.5) is 10.5 Å². The molecule has 1 saturated heterocycles. The van der Waals surface area contributed by atoms with Crippen molar-refractivity contribution < 1.29 is 14.3 Å². The van der Waals surface area contributed by atoms with Gasteiger partial charge >= 0.3 is 6.09 Å². The van der Waals surface area contributed by atoms with E-state index in [2.05, 4.69) is 28.4 Å². The molecular weight excluding hydrogens is 428 g/mol. The largest absolute Gasteiger partial charge is 0.447 e. The number of carbonyl (C=O) groups excluding carboxylic acids is 2. The van der Waals surface area contributed by atoms with Crippen molar-refractivity contribution in [2.24, 2.45) is 0 Å². The molecule has 1 aromatic carbocycles. The number of aromatic nitrogens is 1. The third-order valence-corrected chi connectivity index (χ3v) is 6.65. The smallest absolute Gasteiger partial charge is 0.407 e. The number of rotatable bonds is 5. The maximum Gasteiger partial charge on any atom is 0.407 e. The summed E-state index contributed by atoms with van der Waals surface area (Å²) in [4.78, 5) is 33.8. The Hall–Kier alpha value is -2.93. The molecule has 2 aliphatic rings. The van der Waals surface area contributed by atoms with Gasteiger partial charge in [0.05, 0.1) is 17.8 Å². The Morgan fingerprint density at radius 3 is 2.50 bits per heavy atom. The summed E-state index contributed by atoms with van der Waals surface area (Å²) in [6.07, 6.45) is 5.76. The first-order valence-corrected chi connectivity index (χ1v) is 12.4. The number of ether oxygens (including phenoxy) is 1. The zero-order valence-electron chi connectivity index (χ0n) is 20.7. The summed E-state index contributed by atoms with van der Waals surface area (Å²) in [5, 5.41) is 3.01. The first-order chi connectivity index (χ1) is 16.3. The molecule has 7 nitrogen and oxygen atoms in total. The summed E-state index contributed by atoms with van der Waals surface area (Å²) in [6.45, 7) is 10.4. The van der Waals surface area contributed by atoms with Gasteiger partial charge in [0.2, 0.25) is 5.91 Å². The zero-order chi connectivity index (χ0) is 24.2. The Balaban J connectivity index is 1.59. The van der Waals surface area contributed by atoms with Crippen molar-refractivity contribution in [2.75, 3.05) is 18.0 Å². The second kappa shape index (κ2) is 10.6. The molecule has 0 saturated carbocycles. The first kappa shape index (κ1) is 24.2. The van der Waals surface area contributed by atoms with Crippen LogP contribution in [0, 0.1) is 0 Å². The van der Waals surface area contributed by atoms with Crippen molar-refractivity contribution in [1.29, 1.82) is 0 Å². The summed E-state index contributed by atoms with van der Waals surface area (Å²) in [5.41, 5.74) is 4.86. The summed E-state index contributed by atoms with van der Waals surface area (Å²) >= 11 is 0. The van der Waals surface area contributed by atoms with E-state index < -0.39 is 6.09 Å². The van der Waals surface area contributed by atoms with E-state index in [-0.39, 0.29) is 24.1 Å². The molecule has 2 atom stereocenters. The highest BCUT2D eigenvalue weighted by molar-refractivity contribution is 5.94. The molecular formula is C27H36N4O3. The van der Waals surface area contributed by atoms with Gasteiger partial charge < -0.3 is 15.0 Å². The molecule has 1 N–H and O–H groups in total. The number of carbonyl (C=O) groups is 2. The van der Waals surface area contributed by atoms with Crippen LogP contribution in [0.25, 0.3) is 11.1 Å². The monoisotopic (exact) mass is 464 g/mol. The average Bonchev–Trinajstić information content (AvgIpc) is 2.79. The standard InChI is InChI=1S/C27H36N4O3/c1-18(2)34-27(33)29-25-14-19(3)31(20(4)32)26-11-9-21(15-24(25)26)22-8-10-23(28-16-22)17-30-12-6-5-7-13-30/h8-11,15-16,18-19,25H,5-7,12-14,17H2,1-4H3,(H,29,33)/t19-,25?/m1/s1. The van der Waals surface area contributed by atoms with E-state index in [1.165, 1.54) is 19.3 Å². The van der Waals surface area contributed by atoms with E-state index in [9.17, 15) is 9.59 Å². The van der Waals surface area contributed by atoms with Crippen LogP contribution >= 0.6 is 0 Å². The van der Waals surface area contributed by atoms with Gasteiger partial charge in [0.15, 0.2) is 0 Å². The highest BCUT2D eigenvalue weighted by Gasteiger charge is 2.33. The summed E-state index contributed by atoms with van der Waals surface area (Å²) in [5.74, 6) is -0.00607. The van der Waals surface area contributed by atoms with E-state index >= 15 is 0 Å². The number of anilines is 1. The number of hydrogen-bond acceptors (Lipinski definition) is 5. The lowest BCUT2D eigenvalue weighted by atomic mass is 9.89. The highest BCUT2D eigenvalue weighted by atomic mass is 16.6. The lowest BCUT2D eigenvalue weighted by Gasteiger charge is -2.39. The number of piperidine rings is 1. The number of fused-ring (bicyclic) bond motifs is 1. The molecule has 0 bridgehead atoms. The SMILES string of the molecule is CC(=O)N1c2ccc(-c3ccc(CN4CCCCC4)nc3)cc2C(NC(=O)OC(C)C)C[C@H]1C. The predicted octanol–water partition coefficient (Wildman–Crippen LogP) is 5.06. The van der Waals surface area contributed by atoms with Gasteiger partial charge in [-0.1, -0.05) is 18.6 Å². The van der Waals surface area contributed by atoms with Gasteiger partial charge in [0.1, 0.15) is 0 Å². The second-order valence-corrected chi connectivity index (χ2v) is 9.77. The highest BCUT2D eigenvalue weighted by Crippen LogP contribution is 2.39. The van der Waals surface area contributed by atoms with Crippen LogP contribution in [0.1, 0.15) is 70.7 Å². The van der Waals surface area contributed by atoms with Crippen LogP contribution in [0.15, 0.2) is 36.5 Å². The van der Waals surface area contributed by atoms with Gasteiger partial charge in [-0.2, -0.15) is 0 Å². The molecule has 0 radical (unpaired) electrons. The quantitative estimate of drug-likeness (QED) is 0.670. The summed E-state index contributed by atoms with van der Waals surface area (Å²) in [6, 6.07) is 10.0. The summed E-state index contributed by atoms with van der Waals surface area (Å²) < 4.78 is 5.32. The molecule has 4 rings (SSSR count). The lowest BCUT2D eigenvalue weighted by molar-refractivity contribution is -0.117. The molecule has 0 aliphatic carbocycles. The number of pyridine rings is 1. The molecule has 2 aliphatic heterocycles. The molecule has 1 fully saturated rings. The van der Waals surface area contributed by atoms with Crippen LogP contribution in [0.2, 0.25) is 0 Å².